The first kappa shape index (κ1) is 25.4. The van der Waals surface area contributed by atoms with E-state index in [9.17, 15) is 26.3 Å². The number of hydrogen-bond donors (Lipinski definition) is 1. The first-order chi connectivity index (χ1) is 13.8. The van der Waals surface area contributed by atoms with Gasteiger partial charge in [0.1, 0.15) is 0 Å². The highest BCUT2D eigenvalue weighted by atomic mass is 32.1. The molecular weight excluding hydrogens is 447 g/mol. The van der Waals surface area contributed by atoms with Crippen molar-refractivity contribution < 1.29 is 26.3 Å². The summed E-state index contributed by atoms with van der Waals surface area (Å²) < 4.78 is 74.6. The van der Waals surface area contributed by atoms with Crippen LogP contribution >= 0.6 is 21.5 Å². The number of rotatable bonds is 3. The average molecular weight is 461 g/mol. The van der Waals surface area contributed by atoms with E-state index in [1.165, 1.54) is 24.3 Å². The van der Waals surface area contributed by atoms with Gasteiger partial charge in [0, 0.05) is 17.0 Å². The van der Waals surface area contributed by atoms with Gasteiger partial charge in [0.05, 0.1) is 29.3 Å². The zero-order valence-electron chi connectivity index (χ0n) is 15.1. The molecule has 0 aromatic heterocycles. The fourth-order valence-corrected chi connectivity index (χ4v) is 2.52. The van der Waals surface area contributed by atoms with Gasteiger partial charge in [-0.25, -0.2) is 4.85 Å². The molecule has 0 bridgehead atoms. The van der Waals surface area contributed by atoms with E-state index in [1.807, 2.05) is 0 Å². The molecule has 0 aliphatic heterocycles. The van der Waals surface area contributed by atoms with Crippen LogP contribution in [0.3, 0.4) is 0 Å². The van der Waals surface area contributed by atoms with Crippen molar-refractivity contribution in [2.45, 2.75) is 18.8 Å². The predicted octanol–water partition coefficient (Wildman–Crippen LogP) is 6.20. The van der Waals surface area contributed by atoms with Crippen LogP contribution in [0.15, 0.2) is 36.4 Å². The standard InChI is InChI=1S/C11H9F3NPS.C8H5F3N2/c1-15-10-3-2-7(4-8(17)6-16)5-9(10)11(12,13)14;9-8(10,11)7-3-6(13)2-1-5(7)4-12/h2-3,5H,4,6,16H2;1-3H,13H2. The molecule has 0 fully saturated rings. The Hall–Kier alpha value is -2.68. The summed E-state index contributed by atoms with van der Waals surface area (Å²) in [6.45, 7) is 6.71. The van der Waals surface area contributed by atoms with Crippen LogP contribution in [-0.4, -0.2) is 11.0 Å². The number of nitrogens with two attached hydrogens (primary N) is 1. The van der Waals surface area contributed by atoms with Crippen molar-refractivity contribution in [3.8, 4) is 6.07 Å². The molecule has 2 aromatic carbocycles. The molecule has 0 heterocycles. The van der Waals surface area contributed by atoms with E-state index in [0.717, 1.165) is 18.2 Å². The van der Waals surface area contributed by atoms with Crippen LogP contribution in [0.1, 0.15) is 22.3 Å². The van der Waals surface area contributed by atoms with E-state index in [0.29, 0.717) is 23.0 Å². The summed E-state index contributed by atoms with van der Waals surface area (Å²) >= 11 is 4.97. The van der Waals surface area contributed by atoms with Crippen LogP contribution in [0, 0.1) is 17.9 Å². The lowest BCUT2D eigenvalue weighted by molar-refractivity contribution is -0.138. The molecule has 3 nitrogen and oxygen atoms in total. The van der Waals surface area contributed by atoms with Gasteiger partial charge in [-0.3, -0.25) is 0 Å². The van der Waals surface area contributed by atoms with Gasteiger partial charge in [-0.1, -0.05) is 30.4 Å². The highest BCUT2D eigenvalue weighted by Crippen LogP contribution is 2.37. The molecule has 2 aromatic rings. The van der Waals surface area contributed by atoms with Gasteiger partial charge in [0.15, 0.2) is 5.69 Å². The van der Waals surface area contributed by atoms with E-state index in [-0.39, 0.29) is 11.4 Å². The van der Waals surface area contributed by atoms with Crippen LogP contribution in [0.25, 0.3) is 4.85 Å². The van der Waals surface area contributed by atoms with E-state index >= 15 is 0 Å². The van der Waals surface area contributed by atoms with Gasteiger partial charge in [0.2, 0.25) is 0 Å². The number of nitriles is 1. The Morgan fingerprint density at radius 1 is 1.07 bits per heavy atom. The van der Waals surface area contributed by atoms with Gasteiger partial charge in [-0.2, -0.15) is 31.6 Å². The van der Waals surface area contributed by atoms with Crippen molar-refractivity contribution >= 4 is 37.7 Å². The average Bonchev–Trinajstić information content (AvgIpc) is 2.67. The predicted molar refractivity (Wildman–Crippen MR) is 109 cm³/mol. The molecule has 0 aliphatic rings. The lowest BCUT2D eigenvalue weighted by Crippen LogP contribution is -2.08. The van der Waals surface area contributed by atoms with Crippen molar-refractivity contribution in [1.82, 2.24) is 0 Å². The van der Waals surface area contributed by atoms with E-state index < -0.39 is 29.0 Å². The van der Waals surface area contributed by atoms with E-state index in [1.54, 1.807) is 0 Å². The van der Waals surface area contributed by atoms with Gasteiger partial charge in [-0.15, -0.1) is 9.24 Å². The maximum absolute atomic E-state index is 12.7. The third-order valence-electron chi connectivity index (χ3n) is 3.59. The van der Waals surface area contributed by atoms with Crippen molar-refractivity contribution in [1.29, 1.82) is 5.26 Å². The fraction of sp³-hybridized carbons (Fsp3) is 0.211. The summed E-state index contributed by atoms with van der Waals surface area (Å²) in [5, 5.41) is 8.38. The molecule has 158 valence electrons. The second-order valence-corrected chi connectivity index (χ2v) is 6.78. The second kappa shape index (κ2) is 10.4. The van der Waals surface area contributed by atoms with E-state index in [4.69, 9.17) is 29.8 Å². The summed E-state index contributed by atoms with van der Waals surface area (Å²) in [6, 6.07) is 8.21. The van der Waals surface area contributed by atoms with Crippen LogP contribution in [0.2, 0.25) is 0 Å². The quantitative estimate of drug-likeness (QED) is 0.195. The zero-order chi connectivity index (χ0) is 23.1. The van der Waals surface area contributed by atoms with Crippen molar-refractivity contribution in [3.63, 3.8) is 0 Å². The molecule has 30 heavy (non-hydrogen) atoms. The Kier molecular flexibility index (Phi) is 8.77. The van der Waals surface area contributed by atoms with Crippen LogP contribution in [-0.2, 0) is 18.8 Å². The number of nitrogen functional groups attached to an aromatic ring is 1. The first-order valence-corrected chi connectivity index (χ1v) is 9.22. The van der Waals surface area contributed by atoms with Gasteiger partial charge >= 0.3 is 12.4 Å². The Balaban J connectivity index is 0.000000311. The minimum absolute atomic E-state index is 0.00803. The van der Waals surface area contributed by atoms with Gasteiger partial charge in [-0.05, 0) is 29.9 Å². The summed E-state index contributed by atoms with van der Waals surface area (Å²) in [4.78, 5) is 3.54. The molecule has 2 N–H and O–H groups in total. The summed E-state index contributed by atoms with van der Waals surface area (Å²) in [5.41, 5.74) is 2.97. The third kappa shape index (κ3) is 7.29. The molecule has 2 rings (SSSR count). The summed E-state index contributed by atoms with van der Waals surface area (Å²) in [7, 11) is 2.43. The molecule has 0 spiro atoms. The highest BCUT2D eigenvalue weighted by Gasteiger charge is 2.34. The second-order valence-electron chi connectivity index (χ2n) is 5.80. The molecule has 0 saturated carbocycles. The van der Waals surface area contributed by atoms with Crippen molar-refractivity contribution in [2.75, 3.05) is 11.9 Å². The Bertz CT molecular complexity index is 1000. The van der Waals surface area contributed by atoms with Crippen molar-refractivity contribution in [3.05, 3.63) is 70.1 Å². The third-order valence-corrected chi connectivity index (χ3v) is 4.68. The minimum atomic E-state index is -4.53. The number of anilines is 1. The van der Waals surface area contributed by atoms with Crippen molar-refractivity contribution in [2.24, 2.45) is 0 Å². The number of nitrogens with zero attached hydrogens (tertiary/aromatic N) is 2. The lowest BCUT2D eigenvalue weighted by atomic mass is 10.0. The fourth-order valence-electron chi connectivity index (χ4n) is 2.21. The Labute approximate surface area is 176 Å². The van der Waals surface area contributed by atoms with Crippen LogP contribution in [0.4, 0.5) is 37.7 Å². The Morgan fingerprint density at radius 2 is 1.67 bits per heavy atom. The number of benzene rings is 2. The smallest absolute Gasteiger partial charge is 0.399 e. The SMILES string of the molecule is N#Cc1ccc(N)cc1C(F)(F)F.[C-]#[N+]c1ccc(CC(=S)CP)cc1C(F)(F)F. The molecule has 0 amide bonds. The topological polar surface area (TPSA) is 54.2 Å². The van der Waals surface area contributed by atoms with Crippen LogP contribution < -0.4 is 5.73 Å². The molecule has 0 aliphatic carbocycles. The molecule has 0 saturated heterocycles. The molecule has 11 heteroatoms. The number of thiocarbonyl (C=S) groups is 1. The molecule has 0 radical (unpaired) electrons. The first-order valence-electron chi connectivity index (χ1n) is 7.99. The van der Waals surface area contributed by atoms with E-state index in [2.05, 4.69) is 14.1 Å². The van der Waals surface area contributed by atoms with Gasteiger partial charge < -0.3 is 5.73 Å². The normalized spacial score (nSPS) is 11.0. The highest BCUT2D eigenvalue weighted by molar-refractivity contribution is 7.80. The maximum atomic E-state index is 12.7. The summed E-state index contributed by atoms with van der Waals surface area (Å²) in [5.74, 6) is 0. The molecule has 1 unspecified atom stereocenters. The zero-order valence-corrected chi connectivity index (χ0v) is 17.1. The number of alkyl halides is 6. The van der Waals surface area contributed by atoms with Gasteiger partial charge in [0.25, 0.3) is 0 Å². The summed E-state index contributed by atoms with van der Waals surface area (Å²) in [6.07, 6.45) is -8.14. The van der Waals surface area contributed by atoms with Crippen LogP contribution in [0.5, 0.6) is 0 Å². The molecule has 1 atom stereocenters. The molecular formula is C19H14F6N3PS. The number of hydrogen-bond acceptors (Lipinski definition) is 3. The number of halogens is 6. The largest absolute Gasteiger partial charge is 0.417 e. The minimum Gasteiger partial charge on any atom is -0.399 e. The lowest BCUT2D eigenvalue weighted by Gasteiger charge is -2.11. The Morgan fingerprint density at radius 3 is 2.13 bits per heavy atom. The monoisotopic (exact) mass is 461 g/mol. The maximum Gasteiger partial charge on any atom is 0.417 e.